The van der Waals surface area contributed by atoms with Crippen molar-refractivity contribution in [3.63, 3.8) is 0 Å². The minimum absolute atomic E-state index is 0.221. The highest BCUT2D eigenvalue weighted by atomic mass is 15.4. The average Bonchev–Trinajstić information content (AvgIpc) is 2.45. The molecule has 1 fully saturated rings. The second kappa shape index (κ2) is 6.24. The van der Waals surface area contributed by atoms with Crippen molar-refractivity contribution in [2.45, 2.75) is 26.3 Å². The van der Waals surface area contributed by atoms with Gasteiger partial charge in [0.05, 0.1) is 5.69 Å². The first-order valence-corrected chi connectivity index (χ1v) is 7.11. The van der Waals surface area contributed by atoms with E-state index >= 15 is 0 Å². The summed E-state index contributed by atoms with van der Waals surface area (Å²) in [5, 5.41) is 0. The van der Waals surface area contributed by atoms with Crippen LogP contribution in [0.5, 0.6) is 0 Å². The van der Waals surface area contributed by atoms with Crippen LogP contribution in [-0.2, 0) is 0 Å². The number of piperazine rings is 1. The van der Waals surface area contributed by atoms with Gasteiger partial charge in [-0.1, -0.05) is 18.2 Å². The molecule has 0 radical (unpaired) electrons. The van der Waals surface area contributed by atoms with E-state index < -0.39 is 0 Å². The highest BCUT2D eigenvalue weighted by Crippen LogP contribution is 2.17. The summed E-state index contributed by atoms with van der Waals surface area (Å²) < 4.78 is 0. The number of nitrogens with two attached hydrogens (primary N) is 1. The summed E-state index contributed by atoms with van der Waals surface area (Å²) in [5.41, 5.74) is 3.87. The third kappa shape index (κ3) is 3.71. The molecule has 1 aromatic carbocycles. The van der Waals surface area contributed by atoms with Crippen molar-refractivity contribution < 1.29 is 0 Å². The minimum atomic E-state index is 0.221. The third-order valence-electron chi connectivity index (χ3n) is 3.65. The number of para-hydroxylation sites is 1. The van der Waals surface area contributed by atoms with Gasteiger partial charge < -0.3 is 4.90 Å². The topological polar surface area (TPSA) is 56.9 Å². The summed E-state index contributed by atoms with van der Waals surface area (Å²) in [4.78, 5) is 9.27. The van der Waals surface area contributed by atoms with Crippen LogP contribution in [0.25, 0.3) is 0 Å². The van der Waals surface area contributed by atoms with Gasteiger partial charge in [-0.3, -0.25) is 10.3 Å². The zero-order chi connectivity index (χ0) is 14.6. The monoisotopic (exact) mass is 275 g/mol. The summed E-state index contributed by atoms with van der Waals surface area (Å²) in [6, 6.07) is 9.89. The zero-order valence-electron chi connectivity index (χ0n) is 12.6. The molecule has 0 aliphatic carbocycles. The molecular formula is C15H25N5. The molecule has 0 spiro atoms. The van der Waals surface area contributed by atoms with Gasteiger partial charge in [-0.15, -0.1) is 0 Å². The largest absolute Gasteiger partial charge is 0.339 e. The molecule has 1 aliphatic rings. The molecule has 0 atom stereocenters. The molecule has 1 heterocycles. The van der Waals surface area contributed by atoms with Crippen LogP contribution in [0.15, 0.2) is 35.3 Å². The van der Waals surface area contributed by atoms with E-state index in [9.17, 15) is 0 Å². The van der Waals surface area contributed by atoms with Crippen LogP contribution >= 0.6 is 0 Å². The normalized spacial score (nSPS) is 18.2. The van der Waals surface area contributed by atoms with E-state index in [4.69, 9.17) is 5.84 Å². The number of hydrogen-bond donors (Lipinski definition) is 2. The third-order valence-corrected chi connectivity index (χ3v) is 3.65. The lowest BCUT2D eigenvalue weighted by molar-refractivity contribution is 0.0871. The van der Waals surface area contributed by atoms with Gasteiger partial charge in [-0.05, 0) is 32.9 Å². The quantitative estimate of drug-likeness (QED) is 0.353. The van der Waals surface area contributed by atoms with Gasteiger partial charge in [0.25, 0.3) is 0 Å². The molecule has 0 amide bonds. The fraction of sp³-hybridized carbons (Fsp3) is 0.533. The summed E-state index contributed by atoms with van der Waals surface area (Å²) >= 11 is 0. The highest BCUT2D eigenvalue weighted by Gasteiger charge is 2.26. The Kier molecular flexibility index (Phi) is 4.62. The molecule has 1 saturated heterocycles. The number of hydrogen-bond acceptors (Lipinski definition) is 3. The van der Waals surface area contributed by atoms with E-state index in [2.05, 4.69) is 41.0 Å². The smallest absolute Gasteiger partial charge is 0.213 e. The molecule has 1 aliphatic heterocycles. The van der Waals surface area contributed by atoms with E-state index in [1.807, 2.05) is 30.3 Å². The van der Waals surface area contributed by atoms with E-state index in [0.29, 0.717) is 0 Å². The summed E-state index contributed by atoms with van der Waals surface area (Å²) in [6.07, 6.45) is 0. The van der Waals surface area contributed by atoms with E-state index in [1.165, 1.54) is 0 Å². The van der Waals surface area contributed by atoms with Crippen LogP contribution in [0.3, 0.4) is 0 Å². The van der Waals surface area contributed by atoms with E-state index in [0.717, 1.165) is 37.8 Å². The second-order valence-corrected chi connectivity index (χ2v) is 6.06. The summed E-state index contributed by atoms with van der Waals surface area (Å²) in [7, 11) is 0. The first-order chi connectivity index (χ1) is 9.50. The first kappa shape index (κ1) is 14.8. The maximum atomic E-state index is 5.64. The van der Waals surface area contributed by atoms with Crippen LogP contribution in [0.2, 0.25) is 0 Å². The number of hydrazine groups is 1. The Balaban J connectivity index is 2.03. The predicted molar refractivity (Wildman–Crippen MR) is 83.8 cm³/mol. The molecule has 5 nitrogen and oxygen atoms in total. The lowest BCUT2D eigenvalue weighted by Crippen LogP contribution is -2.57. The SMILES string of the molecule is CC(C)(C)N1CCN(C(=Nc2ccccc2)NN)CC1. The fourth-order valence-electron chi connectivity index (χ4n) is 2.41. The number of benzene rings is 1. The van der Waals surface area contributed by atoms with Gasteiger partial charge in [-0.25, -0.2) is 10.8 Å². The predicted octanol–water partition coefficient (Wildman–Crippen LogP) is 1.55. The Labute approximate surface area is 121 Å². The Morgan fingerprint density at radius 3 is 2.20 bits per heavy atom. The first-order valence-electron chi connectivity index (χ1n) is 7.11. The van der Waals surface area contributed by atoms with Crippen molar-refractivity contribution in [2.75, 3.05) is 26.2 Å². The summed E-state index contributed by atoms with van der Waals surface area (Å²) in [6.45, 7) is 10.7. The second-order valence-electron chi connectivity index (χ2n) is 6.06. The molecule has 0 bridgehead atoms. The van der Waals surface area contributed by atoms with Gasteiger partial charge in [0.1, 0.15) is 0 Å². The van der Waals surface area contributed by atoms with Gasteiger partial charge in [-0.2, -0.15) is 0 Å². The molecule has 0 aromatic heterocycles. The molecule has 0 unspecified atom stereocenters. The van der Waals surface area contributed by atoms with Crippen molar-refractivity contribution in [2.24, 2.45) is 10.8 Å². The van der Waals surface area contributed by atoms with Gasteiger partial charge in [0, 0.05) is 31.7 Å². The van der Waals surface area contributed by atoms with E-state index in [-0.39, 0.29) is 5.54 Å². The molecule has 2 rings (SSSR count). The molecular weight excluding hydrogens is 250 g/mol. The van der Waals surface area contributed by atoms with Crippen molar-refractivity contribution in [3.8, 4) is 0 Å². The molecule has 1 aromatic rings. The highest BCUT2D eigenvalue weighted by molar-refractivity contribution is 5.82. The van der Waals surface area contributed by atoms with Crippen molar-refractivity contribution in [1.82, 2.24) is 15.2 Å². The number of rotatable bonds is 1. The van der Waals surface area contributed by atoms with Crippen molar-refractivity contribution >= 4 is 11.6 Å². The van der Waals surface area contributed by atoms with Crippen LogP contribution in [-0.4, -0.2) is 47.5 Å². The number of nitrogens with zero attached hydrogens (tertiary/aromatic N) is 3. The van der Waals surface area contributed by atoms with Gasteiger partial charge >= 0.3 is 0 Å². The summed E-state index contributed by atoms with van der Waals surface area (Å²) in [5.74, 6) is 6.38. The maximum absolute atomic E-state index is 5.64. The Morgan fingerprint density at radius 1 is 1.10 bits per heavy atom. The van der Waals surface area contributed by atoms with Crippen molar-refractivity contribution in [3.05, 3.63) is 30.3 Å². The molecule has 20 heavy (non-hydrogen) atoms. The molecule has 0 saturated carbocycles. The molecule has 110 valence electrons. The van der Waals surface area contributed by atoms with Crippen LogP contribution < -0.4 is 11.3 Å². The van der Waals surface area contributed by atoms with Gasteiger partial charge in [0.15, 0.2) is 0 Å². The van der Waals surface area contributed by atoms with Crippen LogP contribution in [0, 0.1) is 0 Å². The number of nitrogens with one attached hydrogen (secondary N) is 1. The number of guanidine groups is 1. The fourth-order valence-corrected chi connectivity index (χ4v) is 2.41. The van der Waals surface area contributed by atoms with Gasteiger partial charge in [0.2, 0.25) is 5.96 Å². The van der Waals surface area contributed by atoms with Crippen molar-refractivity contribution in [1.29, 1.82) is 0 Å². The molecule has 5 heteroatoms. The Hall–Kier alpha value is -1.59. The number of aliphatic imine (C=N–C) groups is 1. The minimum Gasteiger partial charge on any atom is -0.339 e. The standard InChI is InChI=1S/C15H25N5/c1-15(2,3)20-11-9-19(10-12-20)14(18-16)17-13-7-5-4-6-8-13/h4-8H,9-12,16H2,1-3H3,(H,17,18). The van der Waals surface area contributed by atoms with E-state index in [1.54, 1.807) is 0 Å². The average molecular weight is 275 g/mol. The zero-order valence-corrected chi connectivity index (χ0v) is 12.6. The Morgan fingerprint density at radius 2 is 1.70 bits per heavy atom. The van der Waals surface area contributed by atoms with Crippen LogP contribution in [0.1, 0.15) is 20.8 Å². The lowest BCUT2D eigenvalue weighted by Gasteiger charge is -2.42. The van der Waals surface area contributed by atoms with Crippen LogP contribution in [0.4, 0.5) is 5.69 Å². The lowest BCUT2D eigenvalue weighted by atomic mass is 10.1. The Bertz CT molecular complexity index is 441. The maximum Gasteiger partial charge on any atom is 0.213 e. The molecule has 3 N–H and O–H groups in total.